The largest absolute Gasteiger partial charge is 0.0843 e. The molecule has 0 fully saturated rings. The molecule has 16 heavy (non-hydrogen) atoms. The van der Waals surface area contributed by atoms with Gasteiger partial charge in [0.2, 0.25) is 0 Å². The molecule has 2 heteroatoms. The molecule has 0 aliphatic rings. The highest BCUT2D eigenvalue weighted by atomic mass is 35.5. The number of hydrogen-bond acceptors (Lipinski definition) is 0. The molecule has 82 valence electrons. The highest BCUT2D eigenvalue weighted by Crippen LogP contribution is 2.28. The maximum absolute atomic E-state index is 6.06. The zero-order chi connectivity index (χ0) is 11.7. The lowest BCUT2D eigenvalue weighted by Crippen LogP contribution is -2.07. The molecule has 0 N–H and O–H groups in total. The molecule has 0 aliphatic carbocycles. The van der Waals surface area contributed by atoms with Crippen LogP contribution in [-0.2, 0) is 0 Å². The average Bonchev–Trinajstić information content (AvgIpc) is 2.19. The smallest absolute Gasteiger partial charge is 0.0411 e. The van der Waals surface area contributed by atoms with Gasteiger partial charge in [0.1, 0.15) is 0 Å². The maximum atomic E-state index is 6.06. The SMILES string of the molecule is Cc1cc(Cl)cc(C)c1-c1ccccc1[SiH3]. The molecule has 2 aromatic carbocycles. The molecule has 2 aromatic rings. The van der Waals surface area contributed by atoms with Crippen molar-refractivity contribution in [2.75, 3.05) is 0 Å². The van der Waals surface area contributed by atoms with Gasteiger partial charge in [0.25, 0.3) is 0 Å². The Balaban J connectivity index is 2.70. The van der Waals surface area contributed by atoms with Crippen LogP contribution in [0.2, 0.25) is 5.02 Å². The Morgan fingerprint density at radius 3 is 2.12 bits per heavy atom. The van der Waals surface area contributed by atoms with E-state index in [9.17, 15) is 0 Å². The number of rotatable bonds is 1. The number of halogens is 1. The minimum absolute atomic E-state index is 0.824. The second kappa shape index (κ2) is 4.44. The molecule has 2 rings (SSSR count). The standard InChI is InChI=1S/C14H15ClSi/c1-9-7-11(15)8-10(2)14(9)12-5-3-4-6-13(12)16/h3-8H,1-2,16H3. The van der Waals surface area contributed by atoms with Crippen LogP contribution < -0.4 is 5.19 Å². The molecule has 0 amide bonds. The van der Waals surface area contributed by atoms with Crippen molar-refractivity contribution in [1.82, 2.24) is 0 Å². The van der Waals surface area contributed by atoms with Gasteiger partial charge in [-0.1, -0.05) is 41.1 Å². The van der Waals surface area contributed by atoms with Gasteiger partial charge in [0, 0.05) is 15.3 Å². The van der Waals surface area contributed by atoms with E-state index in [0.717, 1.165) is 15.3 Å². The van der Waals surface area contributed by atoms with Gasteiger partial charge < -0.3 is 0 Å². The fourth-order valence-electron chi connectivity index (χ4n) is 2.19. The summed E-state index contributed by atoms with van der Waals surface area (Å²) in [5, 5.41) is 2.26. The van der Waals surface area contributed by atoms with E-state index in [-0.39, 0.29) is 0 Å². The predicted molar refractivity (Wildman–Crippen MR) is 75.9 cm³/mol. The van der Waals surface area contributed by atoms with Crippen molar-refractivity contribution in [3.63, 3.8) is 0 Å². The summed E-state index contributed by atoms with van der Waals surface area (Å²) in [4.78, 5) is 0. The van der Waals surface area contributed by atoms with E-state index in [4.69, 9.17) is 11.6 Å². The highest BCUT2D eigenvalue weighted by molar-refractivity contribution is 6.36. The lowest BCUT2D eigenvalue weighted by molar-refractivity contribution is 1.38. The van der Waals surface area contributed by atoms with Crippen LogP contribution in [0.3, 0.4) is 0 Å². The van der Waals surface area contributed by atoms with E-state index in [0.29, 0.717) is 0 Å². The van der Waals surface area contributed by atoms with Crippen molar-refractivity contribution >= 4 is 27.0 Å². The first-order valence-electron chi connectivity index (χ1n) is 5.42. The molecule has 0 saturated heterocycles. The maximum Gasteiger partial charge on any atom is 0.0411 e. The molecular weight excluding hydrogens is 232 g/mol. The van der Waals surface area contributed by atoms with Crippen molar-refractivity contribution in [3.8, 4) is 11.1 Å². The third-order valence-electron chi connectivity index (χ3n) is 2.91. The number of aryl methyl sites for hydroxylation is 2. The van der Waals surface area contributed by atoms with Crippen LogP contribution in [0.1, 0.15) is 11.1 Å². The van der Waals surface area contributed by atoms with Crippen LogP contribution in [-0.4, -0.2) is 10.2 Å². The van der Waals surface area contributed by atoms with Crippen molar-refractivity contribution in [2.24, 2.45) is 0 Å². The molecular formula is C14H15ClSi. The molecule has 0 unspecified atom stereocenters. The predicted octanol–water partition coefficient (Wildman–Crippen LogP) is 2.61. The molecule has 0 radical (unpaired) electrons. The van der Waals surface area contributed by atoms with E-state index in [1.165, 1.54) is 27.4 Å². The lowest BCUT2D eigenvalue weighted by atomic mass is 9.96. The van der Waals surface area contributed by atoms with Gasteiger partial charge in [0.05, 0.1) is 0 Å². The zero-order valence-electron chi connectivity index (χ0n) is 9.84. The summed E-state index contributed by atoms with van der Waals surface area (Å²) in [6, 6.07) is 12.7. The third-order valence-corrected chi connectivity index (χ3v) is 4.00. The molecule has 0 aliphatic heterocycles. The van der Waals surface area contributed by atoms with E-state index < -0.39 is 0 Å². The van der Waals surface area contributed by atoms with Crippen molar-refractivity contribution in [2.45, 2.75) is 13.8 Å². The average molecular weight is 247 g/mol. The minimum atomic E-state index is 0.824. The second-order valence-electron chi connectivity index (χ2n) is 4.23. The molecule has 0 heterocycles. The summed E-state index contributed by atoms with van der Waals surface area (Å²) in [5.74, 6) is 0. The molecule has 0 spiro atoms. The molecule has 0 saturated carbocycles. The van der Waals surface area contributed by atoms with Crippen LogP contribution >= 0.6 is 11.6 Å². The lowest BCUT2D eigenvalue weighted by Gasteiger charge is -2.13. The summed E-state index contributed by atoms with van der Waals surface area (Å²) in [7, 11) is 1.07. The summed E-state index contributed by atoms with van der Waals surface area (Å²) < 4.78 is 0. The monoisotopic (exact) mass is 246 g/mol. The summed E-state index contributed by atoms with van der Waals surface area (Å²) in [6.45, 7) is 4.25. The van der Waals surface area contributed by atoms with E-state index in [1.807, 2.05) is 12.1 Å². The Bertz CT molecular complexity index is 509. The van der Waals surface area contributed by atoms with Crippen molar-refractivity contribution in [1.29, 1.82) is 0 Å². The quantitative estimate of drug-likeness (QED) is 0.679. The second-order valence-corrected chi connectivity index (χ2v) is 5.74. The third kappa shape index (κ3) is 2.06. The number of benzene rings is 2. The Morgan fingerprint density at radius 2 is 1.56 bits per heavy atom. The topological polar surface area (TPSA) is 0 Å². The first-order valence-corrected chi connectivity index (χ1v) is 6.80. The van der Waals surface area contributed by atoms with Gasteiger partial charge >= 0.3 is 0 Å². The zero-order valence-corrected chi connectivity index (χ0v) is 12.6. The van der Waals surface area contributed by atoms with Gasteiger partial charge in [-0.2, -0.15) is 0 Å². The molecule has 0 aromatic heterocycles. The molecule has 0 nitrogen and oxygen atoms in total. The van der Waals surface area contributed by atoms with E-state index in [2.05, 4.69) is 38.1 Å². The van der Waals surface area contributed by atoms with Gasteiger partial charge in [0.15, 0.2) is 0 Å². The van der Waals surface area contributed by atoms with Crippen LogP contribution in [0.5, 0.6) is 0 Å². The summed E-state index contributed by atoms with van der Waals surface area (Å²) in [6.07, 6.45) is 0. The Kier molecular flexibility index (Phi) is 3.17. The van der Waals surface area contributed by atoms with Gasteiger partial charge in [-0.3, -0.25) is 0 Å². The van der Waals surface area contributed by atoms with E-state index in [1.54, 1.807) is 0 Å². The minimum Gasteiger partial charge on any atom is -0.0843 e. The summed E-state index contributed by atoms with van der Waals surface area (Å²) >= 11 is 6.06. The van der Waals surface area contributed by atoms with Crippen LogP contribution in [0.25, 0.3) is 11.1 Å². The number of hydrogen-bond donors (Lipinski definition) is 0. The fraction of sp³-hybridized carbons (Fsp3) is 0.143. The Morgan fingerprint density at radius 1 is 1.00 bits per heavy atom. The van der Waals surface area contributed by atoms with Crippen LogP contribution in [0, 0.1) is 13.8 Å². The molecule has 0 bridgehead atoms. The van der Waals surface area contributed by atoms with E-state index >= 15 is 0 Å². The Labute approximate surface area is 105 Å². The van der Waals surface area contributed by atoms with Gasteiger partial charge in [-0.05, 0) is 48.2 Å². The first-order chi connectivity index (χ1) is 7.59. The first kappa shape index (κ1) is 11.4. The fourth-order valence-corrected chi connectivity index (χ4v) is 3.13. The highest BCUT2D eigenvalue weighted by Gasteiger charge is 2.08. The normalized spacial score (nSPS) is 10.7. The van der Waals surface area contributed by atoms with Crippen LogP contribution in [0.4, 0.5) is 0 Å². The van der Waals surface area contributed by atoms with Gasteiger partial charge in [-0.25, -0.2) is 0 Å². The van der Waals surface area contributed by atoms with Crippen LogP contribution in [0.15, 0.2) is 36.4 Å². The summed E-state index contributed by atoms with van der Waals surface area (Å²) in [5.41, 5.74) is 5.22. The van der Waals surface area contributed by atoms with Gasteiger partial charge in [-0.15, -0.1) is 0 Å². The van der Waals surface area contributed by atoms with Crippen molar-refractivity contribution in [3.05, 3.63) is 52.5 Å². The molecule has 0 atom stereocenters. The Hall–Kier alpha value is -1.05. The van der Waals surface area contributed by atoms with Crippen molar-refractivity contribution < 1.29 is 0 Å².